The maximum Gasteiger partial charge on any atom is 0.234 e. The van der Waals surface area contributed by atoms with Gasteiger partial charge in [0.25, 0.3) is 0 Å². The van der Waals surface area contributed by atoms with Gasteiger partial charge in [-0.3, -0.25) is 0 Å². The Kier molecular flexibility index (Phi) is 4.28. The van der Waals surface area contributed by atoms with Gasteiger partial charge in [0.2, 0.25) is 5.88 Å². The van der Waals surface area contributed by atoms with Crippen LogP contribution in [0.5, 0.6) is 11.6 Å². The minimum Gasteiger partial charge on any atom is -0.438 e. The van der Waals surface area contributed by atoms with Crippen molar-refractivity contribution in [2.75, 3.05) is 5.73 Å². The molecular formula is C17H21BrN2O. The average Bonchev–Trinajstić information content (AvgIpc) is 2.40. The molecule has 21 heavy (non-hydrogen) atoms. The molecule has 0 aliphatic carbocycles. The summed E-state index contributed by atoms with van der Waals surface area (Å²) in [4.78, 5) is 4.29. The third-order valence-electron chi connectivity index (χ3n) is 3.42. The summed E-state index contributed by atoms with van der Waals surface area (Å²) in [7, 11) is 0. The summed E-state index contributed by atoms with van der Waals surface area (Å²) >= 11 is 3.51. The summed E-state index contributed by atoms with van der Waals surface area (Å²) < 4.78 is 6.84. The number of rotatable bonds is 2. The zero-order valence-corrected chi connectivity index (χ0v) is 14.7. The van der Waals surface area contributed by atoms with Gasteiger partial charge in [0.1, 0.15) is 5.75 Å². The van der Waals surface area contributed by atoms with Gasteiger partial charge in [-0.1, -0.05) is 38.5 Å². The predicted molar refractivity (Wildman–Crippen MR) is 91.0 cm³/mol. The molecule has 0 spiro atoms. The molecule has 0 radical (unpaired) electrons. The monoisotopic (exact) mass is 348 g/mol. The van der Waals surface area contributed by atoms with Crippen molar-refractivity contribution in [1.29, 1.82) is 0 Å². The van der Waals surface area contributed by atoms with Gasteiger partial charge in [-0.2, -0.15) is 0 Å². The van der Waals surface area contributed by atoms with E-state index in [1.165, 1.54) is 5.56 Å². The van der Waals surface area contributed by atoms with E-state index in [0.717, 1.165) is 21.3 Å². The van der Waals surface area contributed by atoms with Gasteiger partial charge in [0.15, 0.2) is 0 Å². The van der Waals surface area contributed by atoms with Crippen LogP contribution < -0.4 is 10.5 Å². The van der Waals surface area contributed by atoms with Crippen LogP contribution in [0.1, 0.15) is 37.5 Å². The average molecular weight is 349 g/mol. The Morgan fingerprint density at radius 2 is 1.86 bits per heavy atom. The van der Waals surface area contributed by atoms with Gasteiger partial charge in [0.05, 0.1) is 16.4 Å². The summed E-state index contributed by atoms with van der Waals surface area (Å²) in [6.07, 6.45) is 1.63. The standard InChI is InChI=1S/C17H21BrN2O/c1-10-6-7-14(12(8-10)17(3,4)5)21-16-15(18)11(2)13(19)9-20-16/h6-9H,19H2,1-5H3. The minimum absolute atomic E-state index is 0.00329. The Morgan fingerprint density at radius 1 is 1.19 bits per heavy atom. The Labute approximate surface area is 134 Å². The zero-order valence-electron chi connectivity index (χ0n) is 13.1. The molecule has 1 aromatic heterocycles. The van der Waals surface area contributed by atoms with Crippen molar-refractivity contribution in [3.8, 4) is 11.6 Å². The fraction of sp³-hybridized carbons (Fsp3) is 0.353. The second kappa shape index (κ2) is 5.68. The number of pyridine rings is 1. The van der Waals surface area contributed by atoms with Gasteiger partial charge in [0, 0.05) is 5.56 Å². The summed E-state index contributed by atoms with van der Waals surface area (Å²) in [5.41, 5.74) is 9.81. The molecule has 0 unspecified atom stereocenters. The molecule has 0 aliphatic heterocycles. The minimum atomic E-state index is -0.00329. The highest BCUT2D eigenvalue weighted by molar-refractivity contribution is 9.10. The number of hydrogen-bond acceptors (Lipinski definition) is 3. The van der Waals surface area contributed by atoms with E-state index in [0.29, 0.717) is 11.6 Å². The Morgan fingerprint density at radius 3 is 2.48 bits per heavy atom. The molecule has 0 aliphatic rings. The first-order valence-corrected chi connectivity index (χ1v) is 7.69. The highest BCUT2D eigenvalue weighted by Gasteiger charge is 2.20. The third kappa shape index (κ3) is 3.38. The van der Waals surface area contributed by atoms with Crippen LogP contribution in [0, 0.1) is 13.8 Å². The van der Waals surface area contributed by atoms with Crippen LogP contribution in [0.2, 0.25) is 0 Å². The molecule has 0 amide bonds. The van der Waals surface area contributed by atoms with Crippen LogP contribution in [0.4, 0.5) is 5.69 Å². The van der Waals surface area contributed by atoms with Crippen molar-refractivity contribution in [3.05, 3.63) is 45.6 Å². The van der Waals surface area contributed by atoms with Gasteiger partial charge in [-0.25, -0.2) is 4.98 Å². The van der Waals surface area contributed by atoms with Crippen molar-refractivity contribution < 1.29 is 4.74 Å². The highest BCUT2D eigenvalue weighted by atomic mass is 79.9. The Bertz CT molecular complexity index is 675. The zero-order chi connectivity index (χ0) is 15.8. The van der Waals surface area contributed by atoms with Gasteiger partial charge < -0.3 is 10.5 Å². The summed E-state index contributed by atoms with van der Waals surface area (Å²) in [6, 6.07) is 6.20. The summed E-state index contributed by atoms with van der Waals surface area (Å²) in [5.74, 6) is 1.36. The smallest absolute Gasteiger partial charge is 0.234 e. The maximum atomic E-state index is 6.04. The number of benzene rings is 1. The van der Waals surface area contributed by atoms with E-state index in [9.17, 15) is 0 Å². The van der Waals surface area contributed by atoms with E-state index in [2.05, 4.69) is 54.7 Å². The number of aryl methyl sites for hydroxylation is 1. The summed E-state index contributed by atoms with van der Waals surface area (Å²) in [5, 5.41) is 0. The van der Waals surface area contributed by atoms with Crippen LogP contribution in [0.3, 0.4) is 0 Å². The summed E-state index contributed by atoms with van der Waals surface area (Å²) in [6.45, 7) is 10.5. The van der Waals surface area contributed by atoms with Crippen LogP contribution in [0.25, 0.3) is 0 Å². The second-order valence-corrected chi connectivity index (χ2v) is 7.10. The first kappa shape index (κ1) is 15.8. The third-order valence-corrected chi connectivity index (χ3v) is 4.35. The Hall–Kier alpha value is -1.55. The van der Waals surface area contributed by atoms with Gasteiger partial charge in [-0.15, -0.1) is 0 Å². The lowest BCUT2D eigenvalue weighted by Gasteiger charge is -2.23. The molecule has 0 saturated carbocycles. The number of ether oxygens (including phenoxy) is 1. The fourth-order valence-corrected chi connectivity index (χ4v) is 2.48. The van der Waals surface area contributed by atoms with Crippen molar-refractivity contribution in [2.24, 2.45) is 0 Å². The van der Waals surface area contributed by atoms with E-state index in [4.69, 9.17) is 10.5 Å². The number of anilines is 1. The molecule has 3 nitrogen and oxygen atoms in total. The lowest BCUT2D eigenvalue weighted by molar-refractivity contribution is 0.436. The van der Waals surface area contributed by atoms with Crippen LogP contribution >= 0.6 is 15.9 Å². The lowest BCUT2D eigenvalue weighted by Crippen LogP contribution is -2.13. The van der Waals surface area contributed by atoms with Crippen molar-refractivity contribution in [3.63, 3.8) is 0 Å². The van der Waals surface area contributed by atoms with E-state index >= 15 is 0 Å². The van der Waals surface area contributed by atoms with Crippen LogP contribution in [-0.2, 0) is 5.41 Å². The number of halogens is 1. The predicted octanol–water partition coefficient (Wildman–Crippen LogP) is 5.13. The highest BCUT2D eigenvalue weighted by Crippen LogP contribution is 2.37. The number of nitrogens with two attached hydrogens (primary N) is 1. The van der Waals surface area contributed by atoms with Gasteiger partial charge in [-0.05, 0) is 46.8 Å². The van der Waals surface area contributed by atoms with Gasteiger partial charge >= 0.3 is 0 Å². The first-order chi connectivity index (χ1) is 9.70. The van der Waals surface area contributed by atoms with Crippen molar-refractivity contribution >= 4 is 21.6 Å². The molecule has 1 heterocycles. The molecule has 0 bridgehead atoms. The maximum absolute atomic E-state index is 6.04. The number of nitrogen functional groups attached to an aromatic ring is 1. The number of aromatic nitrogens is 1. The SMILES string of the molecule is Cc1ccc(Oc2ncc(N)c(C)c2Br)c(C(C)(C)C)c1. The van der Waals surface area contributed by atoms with E-state index in [1.54, 1.807) is 6.20 Å². The molecule has 4 heteroatoms. The molecule has 0 saturated heterocycles. The molecular weight excluding hydrogens is 328 g/mol. The molecule has 2 aromatic rings. The normalized spacial score (nSPS) is 11.5. The largest absolute Gasteiger partial charge is 0.438 e. The molecule has 0 atom stereocenters. The quantitative estimate of drug-likeness (QED) is 0.817. The van der Waals surface area contributed by atoms with E-state index in [1.807, 2.05) is 19.1 Å². The molecule has 112 valence electrons. The van der Waals surface area contributed by atoms with Crippen molar-refractivity contribution in [2.45, 2.75) is 40.0 Å². The second-order valence-electron chi connectivity index (χ2n) is 6.31. The Balaban J connectivity index is 2.48. The number of nitrogens with zero attached hydrogens (tertiary/aromatic N) is 1. The van der Waals surface area contributed by atoms with Crippen LogP contribution in [0.15, 0.2) is 28.9 Å². The topological polar surface area (TPSA) is 48.1 Å². The molecule has 1 aromatic carbocycles. The van der Waals surface area contributed by atoms with E-state index < -0.39 is 0 Å². The molecule has 2 N–H and O–H groups in total. The number of hydrogen-bond donors (Lipinski definition) is 1. The first-order valence-electron chi connectivity index (χ1n) is 6.89. The fourth-order valence-electron chi connectivity index (χ4n) is 2.06. The molecule has 0 fully saturated rings. The molecule has 2 rings (SSSR count). The lowest BCUT2D eigenvalue weighted by atomic mass is 9.85. The van der Waals surface area contributed by atoms with Crippen LogP contribution in [-0.4, -0.2) is 4.98 Å². The van der Waals surface area contributed by atoms with E-state index in [-0.39, 0.29) is 5.41 Å². The van der Waals surface area contributed by atoms with Crippen molar-refractivity contribution in [1.82, 2.24) is 4.98 Å².